The zero-order valence-electron chi connectivity index (χ0n) is 14.6. The van der Waals surface area contributed by atoms with Crippen molar-refractivity contribution in [2.75, 3.05) is 6.54 Å². The summed E-state index contributed by atoms with van der Waals surface area (Å²) in [6, 6.07) is 12.6. The van der Waals surface area contributed by atoms with Crippen molar-refractivity contribution in [3.63, 3.8) is 0 Å². The maximum absolute atomic E-state index is 13.1. The number of halogens is 1. The highest BCUT2D eigenvalue weighted by atomic mass is 19.1. The van der Waals surface area contributed by atoms with Gasteiger partial charge in [0.1, 0.15) is 11.6 Å². The first-order chi connectivity index (χ1) is 12.0. The van der Waals surface area contributed by atoms with Crippen molar-refractivity contribution in [2.45, 2.75) is 26.2 Å². The van der Waals surface area contributed by atoms with Crippen LogP contribution in [0.1, 0.15) is 23.4 Å². The van der Waals surface area contributed by atoms with Crippen LogP contribution < -0.4 is 5.32 Å². The molecule has 0 bridgehead atoms. The maximum atomic E-state index is 13.1. The fraction of sp³-hybridized carbons (Fsp3) is 0.300. The molecule has 0 fully saturated rings. The van der Waals surface area contributed by atoms with Gasteiger partial charge in [0, 0.05) is 20.0 Å². The van der Waals surface area contributed by atoms with E-state index < -0.39 is 0 Å². The zero-order valence-corrected chi connectivity index (χ0v) is 14.6. The average Bonchev–Trinajstić information content (AvgIpc) is 2.87. The van der Waals surface area contributed by atoms with E-state index in [2.05, 4.69) is 33.1 Å². The van der Waals surface area contributed by atoms with E-state index in [4.69, 9.17) is 0 Å². The molecule has 25 heavy (non-hydrogen) atoms. The van der Waals surface area contributed by atoms with Crippen LogP contribution in [0.4, 0.5) is 4.39 Å². The third-order valence-corrected chi connectivity index (χ3v) is 4.43. The Labute approximate surface area is 146 Å². The monoisotopic (exact) mass is 339 g/mol. The quantitative estimate of drug-likeness (QED) is 0.749. The van der Waals surface area contributed by atoms with Gasteiger partial charge < -0.3 is 9.88 Å². The number of hydrogen-bond donors (Lipinski definition) is 1. The molecular formula is C20H22FN3O. The van der Waals surface area contributed by atoms with Gasteiger partial charge in [-0.3, -0.25) is 4.79 Å². The number of nitrogens with zero attached hydrogens (tertiary/aromatic N) is 2. The van der Waals surface area contributed by atoms with Crippen LogP contribution in [-0.4, -0.2) is 22.0 Å². The van der Waals surface area contributed by atoms with E-state index in [1.165, 1.54) is 12.1 Å². The third-order valence-electron chi connectivity index (χ3n) is 4.43. The van der Waals surface area contributed by atoms with Gasteiger partial charge in [0.05, 0.1) is 11.0 Å². The number of carbonyl (C=O) groups is 1. The van der Waals surface area contributed by atoms with Gasteiger partial charge in [-0.25, -0.2) is 9.37 Å². The van der Waals surface area contributed by atoms with Crippen LogP contribution >= 0.6 is 0 Å². The normalized spacial score (nSPS) is 11.0. The second kappa shape index (κ2) is 7.47. The second-order valence-electron chi connectivity index (χ2n) is 6.27. The fourth-order valence-corrected chi connectivity index (χ4v) is 2.91. The summed E-state index contributed by atoms with van der Waals surface area (Å²) < 4.78 is 15.2. The highest BCUT2D eigenvalue weighted by Gasteiger charge is 2.06. The number of amides is 1. The number of aromatic nitrogens is 2. The lowest BCUT2D eigenvalue weighted by atomic mass is 10.1. The minimum atomic E-state index is -0.266. The van der Waals surface area contributed by atoms with Gasteiger partial charge in [-0.15, -0.1) is 0 Å². The maximum Gasteiger partial charge on any atom is 0.220 e. The zero-order chi connectivity index (χ0) is 17.8. The van der Waals surface area contributed by atoms with Crippen molar-refractivity contribution in [2.24, 2.45) is 7.05 Å². The third kappa shape index (κ3) is 4.24. The predicted octanol–water partition coefficient (Wildman–Crippen LogP) is 3.31. The summed E-state index contributed by atoms with van der Waals surface area (Å²) >= 11 is 0. The van der Waals surface area contributed by atoms with Crippen molar-refractivity contribution in [1.82, 2.24) is 14.9 Å². The van der Waals surface area contributed by atoms with Gasteiger partial charge in [-0.2, -0.15) is 0 Å². The van der Waals surface area contributed by atoms with Gasteiger partial charge >= 0.3 is 0 Å². The summed E-state index contributed by atoms with van der Waals surface area (Å²) in [6.07, 6.45) is 1.67. The van der Waals surface area contributed by atoms with Crippen molar-refractivity contribution < 1.29 is 9.18 Å². The van der Waals surface area contributed by atoms with E-state index in [1.807, 2.05) is 20.0 Å². The van der Waals surface area contributed by atoms with Crippen LogP contribution in [-0.2, 0) is 24.7 Å². The lowest BCUT2D eigenvalue weighted by Gasteiger charge is -2.06. The Morgan fingerprint density at radius 3 is 2.76 bits per heavy atom. The number of hydrogen-bond acceptors (Lipinski definition) is 2. The number of carbonyl (C=O) groups excluding carboxylic acids is 1. The Kier molecular flexibility index (Phi) is 5.12. The lowest BCUT2D eigenvalue weighted by molar-refractivity contribution is -0.121. The van der Waals surface area contributed by atoms with Crippen molar-refractivity contribution in [1.29, 1.82) is 0 Å². The highest BCUT2D eigenvalue weighted by Crippen LogP contribution is 2.16. The SMILES string of the molecule is Cc1nc2cc(CCNC(=O)CCc3cccc(F)c3)ccc2n1C. The summed E-state index contributed by atoms with van der Waals surface area (Å²) in [5.41, 5.74) is 4.08. The first kappa shape index (κ1) is 17.1. The van der Waals surface area contributed by atoms with Crippen LogP contribution in [0.25, 0.3) is 11.0 Å². The fourth-order valence-electron chi connectivity index (χ4n) is 2.91. The van der Waals surface area contributed by atoms with Crippen molar-refractivity contribution >= 4 is 16.9 Å². The molecule has 0 saturated heterocycles. The minimum absolute atomic E-state index is 0.0148. The lowest BCUT2D eigenvalue weighted by Crippen LogP contribution is -2.25. The van der Waals surface area contributed by atoms with E-state index in [0.717, 1.165) is 34.4 Å². The molecule has 0 aliphatic carbocycles. The Bertz CT molecular complexity index is 901. The number of aryl methyl sites for hydroxylation is 3. The van der Waals surface area contributed by atoms with Crippen LogP contribution in [0.5, 0.6) is 0 Å². The molecule has 0 unspecified atom stereocenters. The molecule has 3 aromatic rings. The highest BCUT2D eigenvalue weighted by molar-refractivity contribution is 5.77. The standard InChI is InChI=1S/C20H22FN3O/c1-14-23-18-13-16(6-8-19(18)24(14)2)10-11-22-20(25)9-7-15-4-3-5-17(21)12-15/h3-6,8,12-13H,7,9-11H2,1-2H3,(H,22,25). The minimum Gasteiger partial charge on any atom is -0.356 e. The van der Waals surface area contributed by atoms with E-state index in [-0.39, 0.29) is 11.7 Å². The summed E-state index contributed by atoms with van der Waals surface area (Å²) in [6.45, 7) is 2.57. The van der Waals surface area contributed by atoms with Gasteiger partial charge in [0.25, 0.3) is 0 Å². The molecule has 0 atom stereocenters. The summed E-state index contributed by atoms with van der Waals surface area (Å²) in [7, 11) is 2.00. The summed E-state index contributed by atoms with van der Waals surface area (Å²) in [4.78, 5) is 16.5. The number of rotatable bonds is 6. The van der Waals surface area contributed by atoms with Gasteiger partial charge in [0.2, 0.25) is 5.91 Å². The first-order valence-corrected chi connectivity index (χ1v) is 8.46. The van der Waals surface area contributed by atoms with Gasteiger partial charge in [-0.05, 0) is 55.2 Å². The topological polar surface area (TPSA) is 46.9 Å². The molecule has 0 saturated carbocycles. The molecule has 0 aliphatic rings. The average molecular weight is 339 g/mol. The largest absolute Gasteiger partial charge is 0.356 e. The van der Waals surface area contributed by atoms with Crippen LogP contribution in [0.2, 0.25) is 0 Å². The molecular weight excluding hydrogens is 317 g/mol. The van der Waals surface area contributed by atoms with E-state index in [9.17, 15) is 9.18 Å². The van der Waals surface area contributed by atoms with Gasteiger partial charge in [0.15, 0.2) is 0 Å². The molecule has 3 rings (SSSR count). The molecule has 2 aromatic carbocycles. The van der Waals surface area contributed by atoms with Gasteiger partial charge in [-0.1, -0.05) is 18.2 Å². The molecule has 0 spiro atoms. The van der Waals surface area contributed by atoms with Crippen molar-refractivity contribution in [3.8, 4) is 0 Å². The number of imidazole rings is 1. The molecule has 130 valence electrons. The first-order valence-electron chi connectivity index (χ1n) is 8.46. The second-order valence-corrected chi connectivity index (χ2v) is 6.27. The molecule has 1 amide bonds. The summed E-state index contributed by atoms with van der Waals surface area (Å²) in [5.74, 6) is 0.704. The Hall–Kier alpha value is -2.69. The van der Waals surface area contributed by atoms with Crippen molar-refractivity contribution in [3.05, 3.63) is 65.2 Å². The number of nitrogens with one attached hydrogen (secondary N) is 1. The summed E-state index contributed by atoms with van der Waals surface area (Å²) in [5, 5.41) is 2.92. The van der Waals surface area contributed by atoms with Crippen LogP contribution in [0.15, 0.2) is 42.5 Å². The molecule has 0 radical (unpaired) electrons. The molecule has 1 heterocycles. The predicted molar refractivity (Wildman–Crippen MR) is 96.9 cm³/mol. The number of fused-ring (bicyclic) bond motifs is 1. The Morgan fingerprint density at radius 1 is 1.16 bits per heavy atom. The van der Waals surface area contributed by atoms with E-state index in [0.29, 0.717) is 19.4 Å². The van der Waals surface area contributed by atoms with E-state index in [1.54, 1.807) is 6.07 Å². The molecule has 5 heteroatoms. The number of benzene rings is 2. The molecule has 0 aliphatic heterocycles. The Balaban J connectivity index is 1.48. The van der Waals surface area contributed by atoms with Crippen LogP contribution in [0, 0.1) is 12.7 Å². The molecule has 1 aromatic heterocycles. The Morgan fingerprint density at radius 2 is 1.96 bits per heavy atom. The van der Waals surface area contributed by atoms with E-state index >= 15 is 0 Å². The molecule has 4 nitrogen and oxygen atoms in total. The van der Waals surface area contributed by atoms with Crippen LogP contribution in [0.3, 0.4) is 0 Å². The smallest absolute Gasteiger partial charge is 0.220 e. The molecule has 1 N–H and O–H groups in total.